The van der Waals surface area contributed by atoms with Crippen LogP contribution in [0.4, 0.5) is 27.3 Å². The largest absolute Gasteiger partial charge is 0.673 e. The zero-order valence-electron chi connectivity index (χ0n) is 15.3. The summed E-state index contributed by atoms with van der Waals surface area (Å²) >= 11 is 3.51. The van der Waals surface area contributed by atoms with E-state index in [9.17, 15) is 21.7 Å². The summed E-state index contributed by atoms with van der Waals surface area (Å²) in [5.41, 5.74) is 2.58. The first-order chi connectivity index (χ1) is 14.2. The van der Waals surface area contributed by atoms with Gasteiger partial charge in [0.25, 0.3) is 0 Å². The fourth-order valence-electron chi connectivity index (χ4n) is 2.70. The number of nitrogens with one attached hydrogen (secondary N) is 1. The summed E-state index contributed by atoms with van der Waals surface area (Å²) < 4.78 is 59.2. The maximum atomic E-state index is 13.2. The second-order valence-electron chi connectivity index (χ2n) is 6.16. The predicted octanol–water partition coefficient (Wildman–Crippen LogP) is 5.61. The van der Waals surface area contributed by atoms with Gasteiger partial charge in [0.2, 0.25) is 11.0 Å². The second kappa shape index (κ2) is 9.25. The van der Waals surface area contributed by atoms with E-state index in [2.05, 4.69) is 20.9 Å². The molecule has 1 N–H and O–H groups in total. The quantitative estimate of drug-likeness (QED) is 0.292. The molecule has 0 spiro atoms. The zero-order chi connectivity index (χ0) is 21.7. The summed E-state index contributed by atoms with van der Waals surface area (Å²) in [4.78, 5) is 3.36. The van der Waals surface area contributed by atoms with E-state index >= 15 is 0 Å². The molecule has 4 rings (SSSR count). The van der Waals surface area contributed by atoms with Crippen molar-refractivity contribution >= 4 is 39.8 Å². The van der Waals surface area contributed by atoms with Gasteiger partial charge in [0.15, 0.2) is 0 Å². The van der Waals surface area contributed by atoms with Crippen LogP contribution in [0.25, 0.3) is 22.3 Å². The molecule has 154 valence electrons. The van der Waals surface area contributed by atoms with Gasteiger partial charge in [-0.15, -0.1) is 0 Å². The lowest BCUT2D eigenvalue weighted by Crippen LogP contribution is -2.70. The smallest absolute Gasteiger partial charge is 0.456 e. The Morgan fingerprint density at radius 3 is 2.07 bits per heavy atom. The lowest BCUT2D eigenvalue weighted by Gasteiger charge is -2.03. The monoisotopic (exact) mass is 481 g/mol. The first-order valence-electron chi connectivity index (χ1n) is 8.71. The average Bonchev–Trinajstić information content (AvgIpc) is 2.69. The van der Waals surface area contributed by atoms with E-state index in [0.717, 1.165) is 37.8 Å². The highest BCUT2D eigenvalue weighted by molar-refractivity contribution is 9.10. The molecule has 4 aromatic rings. The Morgan fingerprint density at radius 1 is 0.800 bits per heavy atom. The van der Waals surface area contributed by atoms with Crippen molar-refractivity contribution in [1.29, 1.82) is 0 Å². The number of hydrogen-bond donors (Lipinski definition) is 1. The Bertz CT molecular complexity index is 1200. The van der Waals surface area contributed by atoms with Crippen molar-refractivity contribution in [2.75, 3.05) is 0 Å². The Balaban J connectivity index is 0.000000461. The number of fused-ring (bicyclic) bond motifs is 1. The lowest BCUT2D eigenvalue weighted by molar-refractivity contribution is -0.400. The molecule has 0 atom stereocenters. The van der Waals surface area contributed by atoms with Gasteiger partial charge in [0, 0.05) is 22.2 Å². The molecule has 0 unspecified atom stereocenters. The number of halogens is 6. The molecule has 0 bridgehead atoms. The molecule has 0 amide bonds. The van der Waals surface area contributed by atoms with Gasteiger partial charge in [0.05, 0.1) is 11.5 Å². The highest BCUT2D eigenvalue weighted by Crippen LogP contribution is 2.23. The molecule has 30 heavy (non-hydrogen) atoms. The molecule has 1 heterocycles. The van der Waals surface area contributed by atoms with E-state index in [-0.39, 0.29) is 5.82 Å². The number of hydrogen-bond acceptors (Lipinski definition) is 1. The molecular formula is C21H14BBrF5NO. The van der Waals surface area contributed by atoms with E-state index in [4.69, 9.17) is 4.42 Å². The first kappa shape index (κ1) is 21.8. The summed E-state index contributed by atoms with van der Waals surface area (Å²) in [7, 11) is -6.00. The molecule has 0 radical (unpaired) electrons. The van der Waals surface area contributed by atoms with Gasteiger partial charge < -0.3 is 21.7 Å². The van der Waals surface area contributed by atoms with Crippen LogP contribution < -0.4 is 10.3 Å². The third-order valence-corrected chi connectivity index (χ3v) is 4.40. The van der Waals surface area contributed by atoms with Gasteiger partial charge in [-0.1, -0.05) is 46.3 Å². The minimum atomic E-state index is -6.00. The van der Waals surface area contributed by atoms with E-state index in [1.807, 2.05) is 54.6 Å². The van der Waals surface area contributed by atoms with Gasteiger partial charge in [0.1, 0.15) is 17.2 Å². The van der Waals surface area contributed by atoms with Crippen molar-refractivity contribution in [3.63, 3.8) is 0 Å². The summed E-state index contributed by atoms with van der Waals surface area (Å²) in [5, 5.41) is 1.84. The standard InChI is InChI=1S/C21H13BrFNO.BF4/c22-15-6-11-20-18(12-15)19(24-17-9-7-16(23)8-10-17)13-21(25-20)14-4-2-1-3-5-14;2-1(3,4)5/h1-13H;/q;-1/p+1. The van der Waals surface area contributed by atoms with Gasteiger partial charge in [-0.3, -0.25) is 0 Å². The second-order valence-corrected chi connectivity index (χ2v) is 7.07. The minimum Gasteiger partial charge on any atom is -0.456 e. The van der Waals surface area contributed by atoms with E-state index < -0.39 is 7.25 Å². The van der Waals surface area contributed by atoms with Crippen LogP contribution in [-0.4, -0.2) is 7.25 Å². The van der Waals surface area contributed by atoms with Gasteiger partial charge in [-0.25, -0.2) is 9.38 Å². The molecule has 9 heteroatoms. The SMILES string of the molecule is F[B-](F)(F)F.Fc1ccc([NH+]=c2cc(-c3ccccc3)oc3ccc(Br)cc23)cc1. The molecule has 0 saturated carbocycles. The first-order valence-corrected chi connectivity index (χ1v) is 9.50. The molecule has 0 aliphatic rings. The van der Waals surface area contributed by atoms with Crippen molar-refractivity contribution in [2.24, 2.45) is 0 Å². The van der Waals surface area contributed by atoms with Crippen molar-refractivity contribution in [3.05, 3.63) is 94.5 Å². The van der Waals surface area contributed by atoms with Crippen LogP contribution >= 0.6 is 15.9 Å². The lowest BCUT2D eigenvalue weighted by atomic mass is 10.1. The Labute approximate surface area is 176 Å². The minimum absolute atomic E-state index is 0.258. The predicted molar refractivity (Wildman–Crippen MR) is 110 cm³/mol. The topological polar surface area (TPSA) is 27.1 Å². The van der Waals surface area contributed by atoms with Crippen LogP contribution in [0.2, 0.25) is 0 Å². The van der Waals surface area contributed by atoms with Crippen LogP contribution in [0.1, 0.15) is 0 Å². The molecular weight excluding hydrogens is 468 g/mol. The summed E-state index contributed by atoms with van der Waals surface area (Å²) in [6.07, 6.45) is 0. The van der Waals surface area contributed by atoms with Crippen LogP contribution in [0.5, 0.6) is 0 Å². The number of benzene rings is 3. The van der Waals surface area contributed by atoms with Crippen LogP contribution in [-0.2, 0) is 0 Å². The average molecular weight is 482 g/mol. The Hall–Kier alpha value is -2.94. The molecule has 1 aromatic heterocycles. The molecule has 0 aliphatic heterocycles. The molecule has 3 aromatic carbocycles. The van der Waals surface area contributed by atoms with Crippen LogP contribution in [0.3, 0.4) is 0 Å². The van der Waals surface area contributed by atoms with E-state index in [1.165, 1.54) is 12.1 Å². The van der Waals surface area contributed by atoms with Gasteiger partial charge in [-0.05, 0) is 30.3 Å². The Kier molecular flexibility index (Phi) is 6.71. The van der Waals surface area contributed by atoms with Gasteiger partial charge >= 0.3 is 7.25 Å². The third-order valence-electron chi connectivity index (χ3n) is 3.91. The van der Waals surface area contributed by atoms with Crippen molar-refractivity contribution in [2.45, 2.75) is 0 Å². The summed E-state index contributed by atoms with van der Waals surface area (Å²) in [6.45, 7) is 0. The fraction of sp³-hybridized carbons (Fsp3) is 0. The molecule has 0 aliphatic carbocycles. The molecule has 2 nitrogen and oxygen atoms in total. The van der Waals surface area contributed by atoms with Crippen LogP contribution in [0.15, 0.2) is 87.8 Å². The van der Waals surface area contributed by atoms with Crippen LogP contribution in [0, 0.1) is 5.82 Å². The molecule has 0 saturated heterocycles. The summed E-state index contributed by atoms with van der Waals surface area (Å²) in [5.74, 6) is 0.506. The number of rotatable bonds is 2. The molecule has 0 fully saturated rings. The fourth-order valence-corrected chi connectivity index (χ4v) is 3.06. The normalized spacial score (nSPS) is 11.9. The maximum Gasteiger partial charge on any atom is 0.673 e. The van der Waals surface area contributed by atoms with E-state index in [1.54, 1.807) is 12.1 Å². The Morgan fingerprint density at radius 2 is 1.43 bits per heavy atom. The van der Waals surface area contributed by atoms with E-state index in [0.29, 0.717) is 0 Å². The van der Waals surface area contributed by atoms with Gasteiger partial charge in [-0.2, -0.15) is 0 Å². The highest BCUT2D eigenvalue weighted by atomic mass is 79.9. The summed E-state index contributed by atoms with van der Waals surface area (Å²) in [6, 6.07) is 24.1. The zero-order valence-corrected chi connectivity index (χ0v) is 16.8. The van der Waals surface area contributed by atoms with Crippen molar-refractivity contribution < 1.29 is 31.1 Å². The maximum absolute atomic E-state index is 13.2. The highest BCUT2D eigenvalue weighted by Gasteiger charge is 2.20. The van der Waals surface area contributed by atoms with Crippen molar-refractivity contribution in [1.82, 2.24) is 0 Å². The van der Waals surface area contributed by atoms with Crippen molar-refractivity contribution in [3.8, 4) is 11.3 Å². The third kappa shape index (κ3) is 6.28.